The van der Waals surface area contributed by atoms with Crippen LogP contribution in [0.25, 0.3) is 6.08 Å². The quantitative estimate of drug-likeness (QED) is 0.760. The molecule has 0 spiro atoms. The van der Waals surface area contributed by atoms with Crippen molar-refractivity contribution in [2.45, 2.75) is 13.3 Å². The lowest BCUT2D eigenvalue weighted by molar-refractivity contribution is -0.118. The molecule has 0 saturated carbocycles. The van der Waals surface area contributed by atoms with E-state index in [1.807, 2.05) is 6.07 Å². The number of amides is 1. The number of carbonyl (C=O) groups is 1. The zero-order chi connectivity index (χ0) is 12.0. The van der Waals surface area contributed by atoms with Crippen LogP contribution in [0.5, 0.6) is 5.75 Å². The lowest BCUT2D eigenvalue weighted by Gasteiger charge is -2.02. The van der Waals surface area contributed by atoms with Gasteiger partial charge < -0.3 is 10.4 Å². The highest BCUT2D eigenvalue weighted by atomic mass is 16.3. The third-order valence-corrected chi connectivity index (χ3v) is 2.03. The maximum absolute atomic E-state index is 10.6. The van der Waals surface area contributed by atoms with Gasteiger partial charge in [0.1, 0.15) is 5.75 Å². The Labute approximate surface area is 95.1 Å². The summed E-state index contributed by atoms with van der Waals surface area (Å²) >= 11 is 0. The van der Waals surface area contributed by atoms with Crippen molar-refractivity contribution in [1.29, 1.82) is 0 Å². The maximum atomic E-state index is 10.6. The smallest absolute Gasteiger partial charge is 0.220 e. The molecule has 0 atom stereocenters. The first-order valence-corrected chi connectivity index (χ1v) is 5.00. The van der Waals surface area contributed by atoms with E-state index in [4.69, 9.17) is 0 Å². The number of hydrogen-bond acceptors (Lipinski definition) is 2. The highest BCUT2D eigenvalue weighted by molar-refractivity contribution is 5.75. The molecular formula is C13H15NO2. The molecule has 16 heavy (non-hydrogen) atoms. The second kappa shape index (κ2) is 5.75. The highest BCUT2D eigenvalue weighted by Crippen LogP contribution is 2.19. The van der Waals surface area contributed by atoms with Crippen molar-refractivity contribution in [3.8, 4) is 5.75 Å². The molecule has 0 fully saturated rings. The van der Waals surface area contributed by atoms with Crippen molar-refractivity contribution in [2.24, 2.45) is 0 Å². The molecule has 0 aliphatic heterocycles. The number of allylic oxidation sites excluding steroid dienone is 1. The van der Waals surface area contributed by atoms with Gasteiger partial charge in [0.05, 0.1) is 0 Å². The summed E-state index contributed by atoms with van der Waals surface area (Å²) in [5.74, 6) is 0.151. The van der Waals surface area contributed by atoms with Crippen LogP contribution in [0.15, 0.2) is 37.1 Å². The van der Waals surface area contributed by atoms with E-state index in [0.717, 1.165) is 11.1 Å². The molecule has 2 N–H and O–H groups in total. The van der Waals surface area contributed by atoms with Gasteiger partial charge in [-0.3, -0.25) is 4.79 Å². The first-order chi connectivity index (χ1) is 7.63. The average molecular weight is 217 g/mol. The van der Waals surface area contributed by atoms with Gasteiger partial charge in [-0.2, -0.15) is 0 Å². The van der Waals surface area contributed by atoms with E-state index < -0.39 is 0 Å². The van der Waals surface area contributed by atoms with E-state index in [1.165, 1.54) is 6.92 Å². The van der Waals surface area contributed by atoms with Gasteiger partial charge >= 0.3 is 0 Å². The normalized spacial score (nSPS) is 10.3. The van der Waals surface area contributed by atoms with Crippen LogP contribution in [-0.4, -0.2) is 11.0 Å². The van der Waals surface area contributed by atoms with Crippen molar-refractivity contribution < 1.29 is 9.90 Å². The molecule has 0 heterocycles. The Morgan fingerprint density at radius 3 is 2.94 bits per heavy atom. The summed E-state index contributed by atoms with van der Waals surface area (Å²) < 4.78 is 0. The van der Waals surface area contributed by atoms with E-state index in [2.05, 4.69) is 11.9 Å². The topological polar surface area (TPSA) is 49.3 Å². The monoisotopic (exact) mass is 217 g/mol. The summed E-state index contributed by atoms with van der Waals surface area (Å²) in [6.45, 7) is 5.07. The number of aromatic hydroxyl groups is 1. The summed E-state index contributed by atoms with van der Waals surface area (Å²) in [4.78, 5) is 10.6. The molecule has 0 radical (unpaired) electrons. The molecule has 0 aliphatic carbocycles. The molecule has 1 aromatic carbocycles. The van der Waals surface area contributed by atoms with E-state index in [9.17, 15) is 9.90 Å². The molecule has 3 nitrogen and oxygen atoms in total. The summed E-state index contributed by atoms with van der Waals surface area (Å²) in [5.41, 5.74) is 1.74. The molecule has 84 valence electrons. The number of nitrogens with one attached hydrogen (secondary N) is 1. The molecule has 3 heteroatoms. The second-order valence-electron chi connectivity index (χ2n) is 3.41. The van der Waals surface area contributed by atoms with Gasteiger partial charge in [0.25, 0.3) is 0 Å². The Bertz CT molecular complexity index is 422. The van der Waals surface area contributed by atoms with Gasteiger partial charge in [-0.05, 0) is 35.8 Å². The van der Waals surface area contributed by atoms with Crippen molar-refractivity contribution in [3.63, 3.8) is 0 Å². The molecule has 0 unspecified atom stereocenters. The lowest BCUT2D eigenvalue weighted by atomic mass is 10.1. The first-order valence-electron chi connectivity index (χ1n) is 5.00. The van der Waals surface area contributed by atoms with E-state index in [1.54, 1.807) is 30.5 Å². The molecular weight excluding hydrogens is 202 g/mol. The third-order valence-electron chi connectivity index (χ3n) is 2.03. The Kier molecular flexibility index (Phi) is 4.33. The van der Waals surface area contributed by atoms with Crippen LogP contribution in [0.1, 0.15) is 18.1 Å². The average Bonchev–Trinajstić information content (AvgIpc) is 2.22. The zero-order valence-corrected chi connectivity index (χ0v) is 9.23. The van der Waals surface area contributed by atoms with Crippen LogP contribution in [0.4, 0.5) is 0 Å². The predicted octanol–water partition coefficient (Wildman–Crippen LogP) is 2.23. The van der Waals surface area contributed by atoms with Crippen molar-refractivity contribution >= 4 is 12.0 Å². The van der Waals surface area contributed by atoms with Crippen LogP contribution in [-0.2, 0) is 11.2 Å². The SMILES string of the molecule is C=CCc1cc(/C=C/NC(C)=O)ccc1O. The molecule has 0 aliphatic rings. The fraction of sp³-hybridized carbons (Fsp3) is 0.154. The summed E-state index contributed by atoms with van der Waals surface area (Å²) in [5, 5.41) is 12.1. The minimum Gasteiger partial charge on any atom is -0.508 e. The van der Waals surface area contributed by atoms with Gasteiger partial charge in [-0.15, -0.1) is 6.58 Å². The lowest BCUT2D eigenvalue weighted by Crippen LogP contribution is -2.10. The molecule has 1 rings (SSSR count). The minimum atomic E-state index is -0.110. The van der Waals surface area contributed by atoms with E-state index in [-0.39, 0.29) is 11.7 Å². The van der Waals surface area contributed by atoms with E-state index in [0.29, 0.717) is 6.42 Å². The van der Waals surface area contributed by atoms with Gasteiger partial charge in [0, 0.05) is 13.1 Å². The second-order valence-corrected chi connectivity index (χ2v) is 3.41. The fourth-order valence-electron chi connectivity index (χ4n) is 1.28. The fourth-order valence-corrected chi connectivity index (χ4v) is 1.28. The van der Waals surface area contributed by atoms with E-state index >= 15 is 0 Å². The number of benzene rings is 1. The van der Waals surface area contributed by atoms with Gasteiger partial charge in [-0.1, -0.05) is 12.1 Å². The molecule has 0 aromatic heterocycles. The number of phenolic OH excluding ortho intramolecular Hbond substituents is 1. The van der Waals surface area contributed by atoms with Crippen LogP contribution in [0, 0.1) is 0 Å². The van der Waals surface area contributed by atoms with Crippen LogP contribution in [0.2, 0.25) is 0 Å². The number of phenols is 1. The van der Waals surface area contributed by atoms with Crippen LogP contribution in [0.3, 0.4) is 0 Å². The standard InChI is InChI=1S/C13H15NO2/c1-3-4-12-9-11(5-6-13(12)16)7-8-14-10(2)15/h3,5-9,16H,1,4H2,2H3,(H,14,15)/b8-7+. The van der Waals surface area contributed by atoms with Crippen molar-refractivity contribution in [2.75, 3.05) is 0 Å². The molecule has 1 aromatic rings. The minimum absolute atomic E-state index is 0.110. The summed E-state index contributed by atoms with van der Waals surface area (Å²) in [7, 11) is 0. The Hall–Kier alpha value is -2.03. The number of carbonyl (C=O) groups excluding carboxylic acids is 1. The maximum Gasteiger partial charge on any atom is 0.220 e. The third kappa shape index (κ3) is 3.61. The zero-order valence-electron chi connectivity index (χ0n) is 9.23. The highest BCUT2D eigenvalue weighted by Gasteiger charge is 1.99. The molecule has 0 bridgehead atoms. The molecule has 1 amide bonds. The Morgan fingerprint density at radius 2 is 2.31 bits per heavy atom. The van der Waals surface area contributed by atoms with Gasteiger partial charge in [-0.25, -0.2) is 0 Å². The summed E-state index contributed by atoms with van der Waals surface area (Å²) in [6, 6.07) is 5.27. The van der Waals surface area contributed by atoms with Crippen molar-refractivity contribution in [1.82, 2.24) is 5.32 Å². The van der Waals surface area contributed by atoms with Crippen LogP contribution < -0.4 is 5.32 Å². The largest absolute Gasteiger partial charge is 0.508 e. The number of hydrogen-bond donors (Lipinski definition) is 2. The summed E-state index contributed by atoms with van der Waals surface area (Å²) in [6.07, 6.45) is 5.70. The number of rotatable bonds is 4. The first kappa shape index (κ1) is 12.0. The van der Waals surface area contributed by atoms with Crippen LogP contribution >= 0.6 is 0 Å². The van der Waals surface area contributed by atoms with Crippen molar-refractivity contribution in [3.05, 3.63) is 48.2 Å². The van der Waals surface area contributed by atoms with Gasteiger partial charge in [0.2, 0.25) is 5.91 Å². The Balaban J connectivity index is 2.81. The molecule has 0 saturated heterocycles. The predicted molar refractivity (Wildman–Crippen MR) is 64.9 cm³/mol. The Morgan fingerprint density at radius 1 is 1.56 bits per heavy atom. The van der Waals surface area contributed by atoms with Gasteiger partial charge in [0.15, 0.2) is 0 Å².